The third kappa shape index (κ3) is 4.98. The molecule has 1 rings (SSSR count). The average Bonchev–Trinajstić information content (AvgIpc) is 2.19. The smallest absolute Gasteiger partial charge is 0.402 e. The van der Waals surface area contributed by atoms with Crippen LogP contribution in [0.4, 0.5) is 18.9 Å². The Labute approximate surface area is 106 Å². The van der Waals surface area contributed by atoms with Gasteiger partial charge < -0.3 is 5.11 Å². The SMILES string of the molecule is O=S(=O)(NCC(F)(F)F)Nc1ccc(Cl)cc1O. The van der Waals surface area contributed by atoms with Crippen LogP contribution in [-0.4, -0.2) is 26.2 Å². The number of phenolic OH excluding ortho intramolecular Hbond substituents is 1. The second-order valence-electron chi connectivity index (χ2n) is 3.20. The summed E-state index contributed by atoms with van der Waals surface area (Å²) in [7, 11) is -4.43. The van der Waals surface area contributed by atoms with Gasteiger partial charge in [-0.05, 0) is 12.1 Å². The number of aromatic hydroxyl groups is 1. The fraction of sp³-hybridized carbons (Fsp3) is 0.250. The molecule has 0 saturated carbocycles. The molecule has 0 heterocycles. The molecule has 0 aliphatic rings. The number of hydrogen-bond donors (Lipinski definition) is 3. The van der Waals surface area contributed by atoms with Crippen LogP contribution in [-0.2, 0) is 10.2 Å². The number of benzene rings is 1. The fourth-order valence-corrected chi connectivity index (χ4v) is 2.00. The second-order valence-corrected chi connectivity index (χ2v) is 5.14. The van der Waals surface area contributed by atoms with Crippen LogP contribution in [0.25, 0.3) is 0 Å². The van der Waals surface area contributed by atoms with Crippen molar-refractivity contribution in [3.05, 3.63) is 23.2 Å². The van der Waals surface area contributed by atoms with E-state index < -0.39 is 28.7 Å². The molecule has 0 spiro atoms. The lowest BCUT2D eigenvalue weighted by Gasteiger charge is -2.12. The summed E-state index contributed by atoms with van der Waals surface area (Å²) in [6.07, 6.45) is -4.67. The number of phenols is 1. The minimum absolute atomic E-state index is 0.152. The lowest BCUT2D eigenvalue weighted by Crippen LogP contribution is -2.37. The van der Waals surface area contributed by atoms with Crippen LogP contribution in [0.1, 0.15) is 0 Å². The first-order valence-electron chi connectivity index (χ1n) is 4.42. The number of nitrogens with one attached hydrogen (secondary N) is 2. The zero-order valence-corrected chi connectivity index (χ0v) is 10.2. The third-order valence-electron chi connectivity index (χ3n) is 1.67. The van der Waals surface area contributed by atoms with Crippen LogP contribution in [0.15, 0.2) is 18.2 Å². The zero-order valence-electron chi connectivity index (χ0n) is 8.62. The number of halogens is 4. The highest BCUT2D eigenvalue weighted by Crippen LogP contribution is 2.27. The van der Waals surface area contributed by atoms with Gasteiger partial charge in [0.25, 0.3) is 10.2 Å². The highest BCUT2D eigenvalue weighted by atomic mass is 35.5. The maximum atomic E-state index is 11.8. The molecule has 3 N–H and O–H groups in total. The van der Waals surface area contributed by atoms with Crippen molar-refractivity contribution in [1.82, 2.24) is 4.72 Å². The summed E-state index contributed by atoms with van der Waals surface area (Å²) in [5, 5.41) is 9.47. The largest absolute Gasteiger partial charge is 0.506 e. The van der Waals surface area contributed by atoms with Crippen molar-refractivity contribution in [1.29, 1.82) is 0 Å². The van der Waals surface area contributed by atoms with Gasteiger partial charge in [-0.3, -0.25) is 4.72 Å². The molecular formula is C8H8ClF3N2O3S. The summed E-state index contributed by atoms with van der Waals surface area (Å²) >= 11 is 5.51. The van der Waals surface area contributed by atoms with Crippen LogP contribution < -0.4 is 9.44 Å². The summed E-state index contributed by atoms with van der Waals surface area (Å²) in [6, 6.07) is 3.43. The Bertz CT molecular complexity index is 533. The number of alkyl halides is 3. The van der Waals surface area contributed by atoms with Crippen molar-refractivity contribution in [2.24, 2.45) is 0 Å². The Morgan fingerprint density at radius 3 is 2.44 bits per heavy atom. The molecule has 0 atom stereocenters. The van der Waals surface area contributed by atoms with Gasteiger partial charge in [-0.25, -0.2) is 0 Å². The first kappa shape index (κ1) is 14.9. The van der Waals surface area contributed by atoms with Gasteiger partial charge >= 0.3 is 6.18 Å². The van der Waals surface area contributed by atoms with Crippen LogP contribution >= 0.6 is 11.6 Å². The monoisotopic (exact) mass is 304 g/mol. The Morgan fingerprint density at radius 2 is 1.94 bits per heavy atom. The van der Waals surface area contributed by atoms with Crippen molar-refractivity contribution >= 4 is 27.5 Å². The van der Waals surface area contributed by atoms with Crippen LogP contribution in [0.3, 0.4) is 0 Å². The molecule has 0 aliphatic carbocycles. The summed E-state index contributed by atoms with van der Waals surface area (Å²) in [4.78, 5) is 0. The predicted molar refractivity (Wildman–Crippen MR) is 59.7 cm³/mol. The van der Waals surface area contributed by atoms with Crippen LogP contribution in [0.5, 0.6) is 5.75 Å². The van der Waals surface area contributed by atoms with Crippen LogP contribution in [0, 0.1) is 0 Å². The maximum absolute atomic E-state index is 11.8. The fourth-order valence-electron chi connectivity index (χ4n) is 0.949. The van der Waals surface area contributed by atoms with Gasteiger partial charge in [-0.2, -0.15) is 26.3 Å². The highest BCUT2D eigenvalue weighted by molar-refractivity contribution is 7.90. The van der Waals surface area contributed by atoms with Gasteiger partial charge in [0.05, 0.1) is 5.69 Å². The average molecular weight is 305 g/mol. The Balaban J connectivity index is 2.77. The van der Waals surface area contributed by atoms with Crippen LogP contribution in [0.2, 0.25) is 5.02 Å². The first-order valence-corrected chi connectivity index (χ1v) is 6.28. The predicted octanol–water partition coefficient (Wildman–Crippen LogP) is 1.85. The molecule has 0 aromatic heterocycles. The molecule has 0 bridgehead atoms. The van der Waals surface area contributed by atoms with Crippen molar-refractivity contribution in [3.8, 4) is 5.75 Å². The molecule has 1 aromatic carbocycles. The first-order chi connectivity index (χ1) is 8.09. The van der Waals surface area contributed by atoms with E-state index in [9.17, 15) is 26.7 Å². The van der Waals surface area contributed by atoms with Crippen molar-refractivity contribution in [2.45, 2.75) is 6.18 Å². The molecule has 10 heteroatoms. The van der Waals surface area contributed by atoms with Gasteiger partial charge in [0, 0.05) is 11.1 Å². The molecule has 0 saturated heterocycles. The van der Waals surface area contributed by atoms with E-state index in [0.29, 0.717) is 0 Å². The molecule has 0 aliphatic heterocycles. The van der Waals surface area contributed by atoms with Crippen molar-refractivity contribution in [2.75, 3.05) is 11.3 Å². The summed E-state index contributed by atoms with van der Waals surface area (Å²) in [5.74, 6) is -0.500. The van der Waals surface area contributed by atoms with Gasteiger partial charge in [0.15, 0.2) is 0 Å². The standard InChI is InChI=1S/C8H8ClF3N2O3S/c9-5-1-2-6(7(15)3-5)14-18(16,17)13-4-8(10,11)12/h1-3,13-15H,4H2. The van der Waals surface area contributed by atoms with E-state index in [-0.39, 0.29) is 10.7 Å². The van der Waals surface area contributed by atoms with Gasteiger partial charge in [0.1, 0.15) is 12.3 Å². The van der Waals surface area contributed by atoms with E-state index in [2.05, 4.69) is 0 Å². The number of anilines is 1. The van der Waals surface area contributed by atoms with E-state index >= 15 is 0 Å². The second kappa shape index (κ2) is 5.21. The lowest BCUT2D eigenvalue weighted by atomic mass is 10.3. The lowest BCUT2D eigenvalue weighted by molar-refractivity contribution is -0.121. The summed E-state index contributed by atoms with van der Waals surface area (Å²) in [6.45, 7) is -1.71. The Hall–Kier alpha value is -1.19. The maximum Gasteiger partial charge on any atom is 0.402 e. The molecule has 0 unspecified atom stereocenters. The van der Waals surface area contributed by atoms with E-state index in [0.717, 1.165) is 12.1 Å². The van der Waals surface area contributed by atoms with Crippen molar-refractivity contribution in [3.63, 3.8) is 0 Å². The summed E-state index contributed by atoms with van der Waals surface area (Å²) in [5.41, 5.74) is -0.283. The molecule has 1 aromatic rings. The molecule has 5 nitrogen and oxygen atoms in total. The number of rotatable bonds is 4. The number of hydrogen-bond acceptors (Lipinski definition) is 3. The molecule has 0 amide bonds. The minimum Gasteiger partial charge on any atom is -0.506 e. The van der Waals surface area contributed by atoms with Gasteiger partial charge in [-0.15, -0.1) is 0 Å². The molecule has 18 heavy (non-hydrogen) atoms. The minimum atomic E-state index is -4.67. The molecule has 102 valence electrons. The quantitative estimate of drug-likeness (QED) is 0.743. The molecular weight excluding hydrogens is 297 g/mol. The van der Waals surface area contributed by atoms with Crippen molar-refractivity contribution < 1.29 is 26.7 Å². The molecule has 0 fully saturated rings. The summed E-state index contributed by atoms with van der Waals surface area (Å²) < 4.78 is 61.0. The van der Waals surface area contributed by atoms with Gasteiger partial charge in [-0.1, -0.05) is 11.6 Å². The van der Waals surface area contributed by atoms with E-state index in [4.69, 9.17) is 11.6 Å². The van der Waals surface area contributed by atoms with E-state index in [1.807, 2.05) is 0 Å². The zero-order chi connectivity index (χ0) is 14.0. The third-order valence-corrected chi connectivity index (χ3v) is 2.91. The Morgan fingerprint density at radius 1 is 1.33 bits per heavy atom. The molecule has 0 radical (unpaired) electrons. The topological polar surface area (TPSA) is 78.4 Å². The Kier molecular flexibility index (Phi) is 4.30. The van der Waals surface area contributed by atoms with E-state index in [1.54, 1.807) is 4.72 Å². The normalized spacial score (nSPS) is 12.4. The van der Waals surface area contributed by atoms with E-state index in [1.165, 1.54) is 10.8 Å². The highest BCUT2D eigenvalue weighted by Gasteiger charge is 2.29. The van der Waals surface area contributed by atoms with Gasteiger partial charge in [0.2, 0.25) is 0 Å².